The van der Waals surface area contributed by atoms with E-state index in [2.05, 4.69) is 36.5 Å². The predicted molar refractivity (Wildman–Crippen MR) is 84.1 cm³/mol. The molecule has 0 radical (unpaired) electrons. The van der Waals surface area contributed by atoms with Crippen LogP contribution in [-0.2, 0) is 0 Å². The second-order valence-electron chi connectivity index (χ2n) is 4.35. The second kappa shape index (κ2) is 6.99. The van der Waals surface area contributed by atoms with Gasteiger partial charge in [-0.1, -0.05) is 54.6 Å². The monoisotopic (exact) mass is 291 g/mol. The average Bonchev–Trinajstić information content (AvgIpc) is 2.44. The molecule has 0 spiro atoms. The molecule has 2 aromatic rings. The van der Waals surface area contributed by atoms with Crippen molar-refractivity contribution in [3.8, 4) is 0 Å². The Morgan fingerprint density at radius 3 is 2.37 bits per heavy atom. The molecule has 0 aliphatic carbocycles. The lowest BCUT2D eigenvalue weighted by Gasteiger charge is -2.14. The number of nitrogens with one attached hydrogen (secondary N) is 1. The molecule has 0 aliphatic heterocycles. The highest BCUT2D eigenvalue weighted by atomic mass is 35.5. The Balaban J connectivity index is 2.13. The molecular weight excluding hydrogens is 274 g/mol. The van der Waals surface area contributed by atoms with E-state index in [9.17, 15) is 0 Å². The van der Waals surface area contributed by atoms with E-state index in [1.54, 1.807) is 11.8 Å². The summed E-state index contributed by atoms with van der Waals surface area (Å²) in [6.07, 6.45) is 1.09. The minimum absolute atomic E-state index is 0.430. The van der Waals surface area contributed by atoms with Crippen molar-refractivity contribution in [2.45, 2.75) is 29.2 Å². The van der Waals surface area contributed by atoms with Crippen LogP contribution < -0.4 is 5.32 Å². The molecule has 0 bridgehead atoms. The van der Waals surface area contributed by atoms with Gasteiger partial charge in [-0.3, -0.25) is 0 Å². The summed E-state index contributed by atoms with van der Waals surface area (Å²) in [5, 5.41) is 4.12. The third kappa shape index (κ3) is 3.75. The summed E-state index contributed by atoms with van der Waals surface area (Å²) in [6.45, 7) is 2.19. The third-order valence-corrected chi connectivity index (χ3v) is 4.63. The lowest BCUT2D eigenvalue weighted by molar-refractivity contribution is 0.576. The molecule has 1 nitrogen and oxygen atoms in total. The number of benzene rings is 2. The Kier molecular flexibility index (Phi) is 5.32. The quantitative estimate of drug-likeness (QED) is 0.816. The van der Waals surface area contributed by atoms with Crippen molar-refractivity contribution < 1.29 is 0 Å². The van der Waals surface area contributed by atoms with Crippen LogP contribution in [0.25, 0.3) is 0 Å². The number of hydrogen-bond acceptors (Lipinski definition) is 2. The van der Waals surface area contributed by atoms with Gasteiger partial charge in [0, 0.05) is 15.8 Å². The first-order valence-corrected chi connectivity index (χ1v) is 7.63. The van der Waals surface area contributed by atoms with Gasteiger partial charge in [-0.2, -0.15) is 0 Å². The third-order valence-electron chi connectivity index (χ3n) is 3.10. The van der Waals surface area contributed by atoms with E-state index in [-0.39, 0.29) is 0 Å². The highest BCUT2D eigenvalue weighted by molar-refractivity contribution is 7.99. The van der Waals surface area contributed by atoms with Crippen molar-refractivity contribution in [1.82, 2.24) is 5.32 Å². The first-order chi connectivity index (χ1) is 9.24. The Morgan fingerprint density at radius 2 is 1.79 bits per heavy atom. The van der Waals surface area contributed by atoms with Gasteiger partial charge in [0.15, 0.2) is 0 Å². The smallest absolute Gasteiger partial charge is 0.0545 e. The molecular formula is C16H18ClNS. The predicted octanol–water partition coefficient (Wildman–Crippen LogP) is 5.16. The molecule has 1 atom stereocenters. The van der Waals surface area contributed by atoms with Gasteiger partial charge in [-0.15, -0.1) is 0 Å². The largest absolute Gasteiger partial charge is 0.313 e. The number of hydrogen-bond donors (Lipinski definition) is 1. The maximum Gasteiger partial charge on any atom is 0.0545 e. The van der Waals surface area contributed by atoms with Crippen molar-refractivity contribution >= 4 is 23.4 Å². The van der Waals surface area contributed by atoms with Crippen LogP contribution in [0.5, 0.6) is 0 Å². The fraction of sp³-hybridized carbons (Fsp3) is 0.250. The summed E-state index contributed by atoms with van der Waals surface area (Å²) >= 11 is 7.87. The zero-order valence-electron chi connectivity index (χ0n) is 11.2. The summed E-state index contributed by atoms with van der Waals surface area (Å²) in [5.41, 5.74) is 1.33. The zero-order chi connectivity index (χ0) is 13.7. The summed E-state index contributed by atoms with van der Waals surface area (Å²) in [5.74, 6) is 0. The van der Waals surface area contributed by atoms with E-state index in [4.69, 9.17) is 11.6 Å². The molecule has 0 heterocycles. The van der Waals surface area contributed by atoms with Crippen LogP contribution in [0.4, 0.5) is 0 Å². The molecule has 1 N–H and O–H groups in total. The molecule has 3 heteroatoms. The van der Waals surface area contributed by atoms with Crippen molar-refractivity contribution in [2.75, 3.05) is 7.05 Å². The van der Waals surface area contributed by atoms with Gasteiger partial charge in [-0.05, 0) is 43.3 Å². The number of halogens is 1. The molecule has 0 saturated carbocycles. The SMILES string of the molecule is CCC(NC)c1ccc(Sc2ccccc2Cl)cc1. The lowest BCUT2D eigenvalue weighted by Crippen LogP contribution is -2.14. The Bertz CT molecular complexity index is 521. The molecule has 2 aromatic carbocycles. The Morgan fingerprint density at radius 1 is 1.11 bits per heavy atom. The van der Waals surface area contributed by atoms with E-state index in [0.29, 0.717) is 6.04 Å². The van der Waals surface area contributed by atoms with Crippen molar-refractivity contribution in [3.63, 3.8) is 0 Å². The fourth-order valence-electron chi connectivity index (χ4n) is 2.03. The first-order valence-electron chi connectivity index (χ1n) is 6.44. The lowest BCUT2D eigenvalue weighted by atomic mass is 10.1. The molecule has 2 rings (SSSR count). The van der Waals surface area contributed by atoms with Crippen LogP contribution in [0.2, 0.25) is 5.02 Å². The van der Waals surface area contributed by atoms with Gasteiger partial charge < -0.3 is 5.32 Å². The molecule has 19 heavy (non-hydrogen) atoms. The van der Waals surface area contributed by atoms with E-state index >= 15 is 0 Å². The van der Waals surface area contributed by atoms with Gasteiger partial charge in [0.25, 0.3) is 0 Å². The van der Waals surface area contributed by atoms with Gasteiger partial charge in [-0.25, -0.2) is 0 Å². The summed E-state index contributed by atoms with van der Waals surface area (Å²) in [4.78, 5) is 2.31. The minimum atomic E-state index is 0.430. The van der Waals surface area contributed by atoms with Crippen LogP contribution in [0, 0.1) is 0 Å². The van der Waals surface area contributed by atoms with Crippen LogP contribution in [-0.4, -0.2) is 7.05 Å². The average molecular weight is 292 g/mol. The van der Waals surface area contributed by atoms with Gasteiger partial charge in [0.2, 0.25) is 0 Å². The van der Waals surface area contributed by atoms with Crippen molar-refractivity contribution in [2.24, 2.45) is 0 Å². The Hall–Kier alpha value is -0.960. The first kappa shape index (κ1) is 14.4. The van der Waals surface area contributed by atoms with E-state index < -0.39 is 0 Å². The molecule has 0 saturated heterocycles. The van der Waals surface area contributed by atoms with Crippen molar-refractivity contribution in [3.05, 3.63) is 59.1 Å². The van der Waals surface area contributed by atoms with Crippen LogP contribution >= 0.6 is 23.4 Å². The van der Waals surface area contributed by atoms with Gasteiger partial charge in [0.1, 0.15) is 0 Å². The van der Waals surface area contributed by atoms with Crippen LogP contribution in [0.15, 0.2) is 58.3 Å². The fourth-order valence-corrected chi connectivity index (χ4v) is 3.12. The van der Waals surface area contributed by atoms with Crippen LogP contribution in [0.3, 0.4) is 0 Å². The molecule has 0 amide bonds. The highest BCUT2D eigenvalue weighted by Crippen LogP contribution is 2.33. The molecule has 0 fully saturated rings. The molecule has 100 valence electrons. The minimum Gasteiger partial charge on any atom is -0.313 e. The normalized spacial score (nSPS) is 12.4. The van der Waals surface area contributed by atoms with E-state index in [1.807, 2.05) is 31.3 Å². The number of rotatable bonds is 5. The van der Waals surface area contributed by atoms with E-state index in [1.165, 1.54) is 10.5 Å². The van der Waals surface area contributed by atoms with Gasteiger partial charge >= 0.3 is 0 Å². The van der Waals surface area contributed by atoms with Crippen LogP contribution in [0.1, 0.15) is 24.9 Å². The van der Waals surface area contributed by atoms with Gasteiger partial charge in [0.05, 0.1) is 5.02 Å². The zero-order valence-corrected chi connectivity index (χ0v) is 12.8. The summed E-state index contributed by atoms with van der Waals surface area (Å²) < 4.78 is 0. The maximum atomic E-state index is 6.17. The standard InChI is InChI=1S/C16H18ClNS/c1-3-15(18-2)12-8-10-13(11-9-12)19-16-7-5-4-6-14(16)17/h4-11,15,18H,3H2,1-2H3. The Labute approximate surface area is 124 Å². The highest BCUT2D eigenvalue weighted by Gasteiger charge is 2.07. The summed E-state index contributed by atoms with van der Waals surface area (Å²) in [7, 11) is 2.00. The topological polar surface area (TPSA) is 12.0 Å². The molecule has 1 unspecified atom stereocenters. The van der Waals surface area contributed by atoms with Crippen molar-refractivity contribution in [1.29, 1.82) is 0 Å². The molecule has 0 aromatic heterocycles. The van der Waals surface area contributed by atoms with E-state index in [0.717, 1.165) is 16.3 Å². The summed E-state index contributed by atoms with van der Waals surface area (Å²) in [6, 6.07) is 17.0. The molecule has 0 aliphatic rings. The second-order valence-corrected chi connectivity index (χ2v) is 5.87. The maximum absolute atomic E-state index is 6.17.